The fraction of sp³-hybridized carbons (Fsp3) is 0.481. The van der Waals surface area contributed by atoms with Gasteiger partial charge in [-0.3, -0.25) is 52.0 Å². The normalized spacial score (nSPS) is 16.8. The largest absolute Gasteiger partial charge is 0.478 e. The molecule has 5 unspecified atom stereocenters. The molecule has 74 heavy (non-hydrogen) atoms. The third kappa shape index (κ3) is 16.9. The molecule has 20 nitrogen and oxygen atoms in total. The van der Waals surface area contributed by atoms with Gasteiger partial charge in [0, 0.05) is 71.8 Å². The molecule has 5 N–H and O–H groups in total. The number of aliphatic hydroxyl groups is 2. The van der Waals surface area contributed by atoms with Crippen LogP contribution in [0.5, 0.6) is 0 Å². The molecule has 3 amide bonds. The number of methoxy groups -OCH3 is 1. The number of rotatable bonds is 21. The number of ether oxygens (including phenoxy) is 1. The molecule has 2 aromatic rings. The van der Waals surface area contributed by atoms with Crippen LogP contribution in [0, 0.1) is 12.3 Å². The van der Waals surface area contributed by atoms with Gasteiger partial charge < -0.3 is 29.8 Å². The molecule has 3 heterocycles. The predicted molar refractivity (Wildman–Crippen MR) is 285 cm³/mol. The number of hydrogen-bond donors (Lipinski definition) is 5. The van der Waals surface area contributed by atoms with Gasteiger partial charge in [-0.05, 0) is 61.1 Å². The third-order valence-electron chi connectivity index (χ3n) is 11.2. The van der Waals surface area contributed by atoms with Gasteiger partial charge in [0.15, 0.2) is 5.43 Å². The Morgan fingerprint density at radius 2 is 1.70 bits per heavy atom. The summed E-state index contributed by atoms with van der Waals surface area (Å²) in [5, 5.41) is 33.0. The number of nitrogens with one attached hydrogen (secondary N) is 2. The number of allylic oxidation sites excluding steroid dienone is 1. The Morgan fingerprint density at radius 1 is 1.03 bits per heavy atom. The second kappa shape index (κ2) is 28.2. The number of aromatic amines is 1. The zero-order valence-corrected chi connectivity index (χ0v) is 45.8. The van der Waals surface area contributed by atoms with Gasteiger partial charge in [-0.15, -0.1) is 11.8 Å². The van der Waals surface area contributed by atoms with Crippen LogP contribution >= 0.6 is 19.6 Å². The number of phosphoric ester groups is 1. The number of carboxylic acid groups (broad SMARTS) is 1. The summed E-state index contributed by atoms with van der Waals surface area (Å²) in [6, 6.07) is 8.82. The number of fused-ring (bicyclic) bond motifs is 2. The Balaban J connectivity index is 0.000000382. The van der Waals surface area contributed by atoms with Crippen LogP contribution in [0.4, 0.5) is 5.69 Å². The van der Waals surface area contributed by atoms with Gasteiger partial charge in [0.1, 0.15) is 23.4 Å². The maximum Gasteiger partial charge on any atom is 0.474 e. The van der Waals surface area contributed by atoms with Crippen molar-refractivity contribution < 1.29 is 61.8 Å². The van der Waals surface area contributed by atoms with E-state index < -0.39 is 58.8 Å². The molecule has 6 rings (SSSR count). The Bertz CT molecular complexity index is 2950. The van der Waals surface area contributed by atoms with Gasteiger partial charge >= 0.3 is 19.5 Å². The van der Waals surface area contributed by atoms with Crippen LogP contribution in [0.2, 0.25) is 0 Å². The summed E-state index contributed by atoms with van der Waals surface area (Å²) in [6.07, 6.45) is 6.52. The maximum atomic E-state index is 13.2. The fourth-order valence-corrected chi connectivity index (χ4v) is 11.0. The molecule has 22 heteroatoms. The third-order valence-corrected chi connectivity index (χ3v) is 14.0. The van der Waals surface area contributed by atoms with Crippen molar-refractivity contribution in [1.82, 2.24) is 14.5 Å². The molecule has 1 aromatic carbocycles. The number of H-pyrrole nitrogens is 1. The summed E-state index contributed by atoms with van der Waals surface area (Å²) >= 11 is 1.45. The predicted octanol–water partition coefficient (Wildman–Crippen LogP) is 5.70. The number of nitrogens with zero attached hydrogens (tertiary/aromatic N) is 2. The molecule has 1 aromatic heterocycles. The smallest absolute Gasteiger partial charge is 0.474 e. The van der Waals surface area contributed by atoms with E-state index in [2.05, 4.69) is 10.3 Å². The van der Waals surface area contributed by atoms with E-state index in [4.69, 9.17) is 22.7 Å². The highest BCUT2D eigenvalue weighted by molar-refractivity contribution is 8.02. The quantitative estimate of drug-likeness (QED) is 0.0380. The molecule has 4 aliphatic rings. The number of aromatic nitrogens is 2. The number of carbonyl (C=O) groups excluding carboxylic acids is 3. The lowest BCUT2D eigenvalue weighted by molar-refractivity contribution is -0.138. The van der Waals surface area contributed by atoms with Crippen LogP contribution in [-0.4, -0.2) is 116 Å². The van der Waals surface area contributed by atoms with Gasteiger partial charge in [-0.1, -0.05) is 86.6 Å². The topological polar surface area (TPSA) is 283 Å². The molecule has 2 aliphatic heterocycles. The number of imide groups is 1. The lowest BCUT2D eigenvalue weighted by Crippen LogP contribution is -2.40. The van der Waals surface area contributed by atoms with Crippen molar-refractivity contribution in [2.45, 2.75) is 123 Å². The van der Waals surface area contributed by atoms with Gasteiger partial charge in [-0.2, -0.15) is 0 Å². The van der Waals surface area contributed by atoms with E-state index in [1.165, 1.54) is 68.3 Å². The van der Waals surface area contributed by atoms with Crippen molar-refractivity contribution in [1.29, 1.82) is 0 Å². The standard InChI is InChI=1S/C26H44N3O10PS.C22H15NO6.2C2H6/c1-9-10-29-21(31)11-20(23(29)33)41-26(5,6)15-25(3,4)16-39-40(35,37-8)38-14-19(36-7)18(30)13-28-12-17(2)22(32)27-24(28)34;24-11-23-12-4-6-15(18(8-12)22(27)28)21-16-3-1-2-13(25)9-19(16)29-20-10-14(26)5-7-17(20)21;2*1-2/h12,18-20,30H,9-11,13-16H2,1-8H3,(H,27,32,34);1-11,13,25H,(H,23,24)(H,27,28);2*1-2H3. The first-order valence-electron chi connectivity index (χ1n) is 24.2. The highest BCUT2D eigenvalue weighted by Gasteiger charge is 2.43. The first kappa shape index (κ1) is 62.5. The van der Waals surface area contributed by atoms with E-state index in [1.54, 1.807) is 36.4 Å². The van der Waals surface area contributed by atoms with Gasteiger partial charge in [0.2, 0.25) is 18.2 Å². The minimum absolute atomic E-state index is 0.00609. The zero-order chi connectivity index (χ0) is 55.7. The fourth-order valence-electron chi connectivity index (χ4n) is 8.19. The van der Waals surface area contributed by atoms with Crippen molar-refractivity contribution in [3.05, 3.63) is 108 Å². The second-order valence-corrected chi connectivity index (χ2v) is 21.7. The average Bonchev–Trinajstić information content (AvgIpc) is 3.46. The molecule has 2 aliphatic carbocycles. The SMILES string of the molecule is CC.CC.CCCN1C(=O)CC(SC(C)(C)CC(C)(C)COP(=O)(OC)OCC(OC)C(O)Cn2cc(C)c(=O)[nH]c2=O)C1=O.O=CNc1ccc(-c2c3ccc(=O)cc-3oc3c2=CC=CC(O)C=3)c(C(=O)O)c1. The lowest BCUT2D eigenvalue weighted by atomic mass is 9.84. The van der Waals surface area contributed by atoms with Crippen molar-refractivity contribution in [3.63, 3.8) is 0 Å². The van der Waals surface area contributed by atoms with E-state index >= 15 is 0 Å². The second-order valence-electron chi connectivity index (χ2n) is 18.0. The number of benzene rings is 2. The number of aromatic carboxylic acids is 1. The van der Waals surface area contributed by atoms with Crippen LogP contribution in [0.25, 0.3) is 34.6 Å². The lowest BCUT2D eigenvalue weighted by Gasteiger charge is -2.36. The summed E-state index contributed by atoms with van der Waals surface area (Å²) in [5.74, 6) is -1.20. The maximum absolute atomic E-state index is 13.2. The van der Waals surface area contributed by atoms with E-state index in [0.29, 0.717) is 64.4 Å². The number of phosphoric acid groups is 1. The number of amides is 3. The van der Waals surface area contributed by atoms with Crippen LogP contribution in [0.1, 0.15) is 97.5 Å². The van der Waals surface area contributed by atoms with Crippen molar-refractivity contribution in [2.75, 3.05) is 39.3 Å². The highest BCUT2D eigenvalue weighted by Crippen LogP contribution is 2.51. The number of anilines is 1. The van der Waals surface area contributed by atoms with E-state index in [0.717, 1.165) is 4.57 Å². The summed E-state index contributed by atoms with van der Waals surface area (Å²) in [4.78, 5) is 86.7. The zero-order valence-electron chi connectivity index (χ0n) is 44.1. The Hall–Kier alpha value is -5.77. The number of carboxylic acids is 1. The number of carbonyl (C=O) groups is 4. The number of aliphatic hydroxyl groups excluding tert-OH is 2. The van der Waals surface area contributed by atoms with E-state index in [1.807, 2.05) is 62.3 Å². The number of thioether (sulfide) groups is 1. The molecular formula is C52H71N4O16PS. The number of likely N-dealkylation sites (tertiary alicyclic amines) is 1. The summed E-state index contributed by atoms with van der Waals surface area (Å²) in [7, 11) is -1.55. The van der Waals surface area contributed by atoms with Crippen molar-refractivity contribution in [3.8, 4) is 22.5 Å². The number of hydrogen-bond acceptors (Lipinski definition) is 16. The van der Waals surface area contributed by atoms with Gasteiger partial charge in [0.05, 0.1) is 36.7 Å². The highest BCUT2D eigenvalue weighted by atomic mass is 32.2. The van der Waals surface area contributed by atoms with Crippen LogP contribution in [0.3, 0.4) is 0 Å². The molecule has 0 saturated carbocycles. The molecule has 406 valence electrons. The summed E-state index contributed by atoms with van der Waals surface area (Å²) in [5.41, 5.74) is 0.431. The Morgan fingerprint density at radius 3 is 2.32 bits per heavy atom. The summed E-state index contributed by atoms with van der Waals surface area (Å²) in [6.45, 7) is 19.1. The molecule has 0 radical (unpaired) electrons. The van der Waals surface area contributed by atoms with Crippen molar-refractivity contribution >= 4 is 61.6 Å². The Labute approximate surface area is 434 Å². The molecule has 0 spiro atoms. The first-order valence-corrected chi connectivity index (χ1v) is 26.5. The molecule has 1 saturated heterocycles. The minimum atomic E-state index is -4.06. The monoisotopic (exact) mass is 1070 g/mol. The van der Waals surface area contributed by atoms with Crippen LogP contribution in [0.15, 0.2) is 73.5 Å². The average molecular weight is 1070 g/mol. The van der Waals surface area contributed by atoms with E-state index in [9.17, 15) is 53.4 Å². The first-order chi connectivity index (χ1) is 34.9. The Kier molecular flexibility index (Phi) is 23.8. The molecule has 0 bridgehead atoms. The molecular weight excluding hydrogens is 1000 g/mol. The molecule has 1 fully saturated rings. The molecule has 5 atom stereocenters. The van der Waals surface area contributed by atoms with Gasteiger partial charge in [-0.25, -0.2) is 14.2 Å². The van der Waals surface area contributed by atoms with Gasteiger partial charge in [0.25, 0.3) is 5.56 Å². The summed E-state index contributed by atoms with van der Waals surface area (Å²) < 4.78 is 41.2. The van der Waals surface area contributed by atoms with Crippen LogP contribution in [-0.2, 0) is 43.8 Å². The van der Waals surface area contributed by atoms with Crippen LogP contribution < -0.4 is 32.6 Å². The number of aryl methyl sites for hydroxylation is 1. The van der Waals surface area contributed by atoms with E-state index in [-0.39, 0.29) is 54.7 Å². The van der Waals surface area contributed by atoms with Crippen molar-refractivity contribution in [2.24, 2.45) is 5.41 Å². The minimum Gasteiger partial charge on any atom is -0.478 e.